The molecule has 3 nitrogen and oxygen atoms in total. The summed E-state index contributed by atoms with van der Waals surface area (Å²) in [6.45, 7) is 0.222. The molecule has 1 aliphatic rings. The molecule has 2 rings (SSSR count). The lowest BCUT2D eigenvalue weighted by Gasteiger charge is -2.10. The smallest absolute Gasteiger partial charge is 0.235 e. The third-order valence-electron chi connectivity index (χ3n) is 2.59. The lowest BCUT2D eigenvalue weighted by molar-refractivity contribution is -0.118. The molecule has 1 atom stereocenters. The Kier molecular flexibility index (Phi) is 2.00. The molecule has 0 bridgehead atoms. The summed E-state index contributed by atoms with van der Waals surface area (Å²) in [7, 11) is 1.57. The molecule has 0 radical (unpaired) electrons. The molecule has 0 spiro atoms. The summed E-state index contributed by atoms with van der Waals surface area (Å²) in [6.07, 6.45) is 0. The van der Waals surface area contributed by atoms with Gasteiger partial charge in [-0.3, -0.25) is 4.79 Å². The van der Waals surface area contributed by atoms with Crippen LogP contribution < -0.4 is 10.6 Å². The fourth-order valence-electron chi connectivity index (χ4n) is 1.87. The molecule has 1 aromatic carbocycles. The Morgan fingerprint density at radius 1 is 1.57 bits per heavy atom. The summed E-state index contributed by atoms with van der Waals surface area (Å²) in [5.41, 5.74) is 6.54. The number of rotatable bonds is 1. The number of carbonyl (C=O) groups excluding carboxylic acids is 1. The number of likely N-dealkylation sites (N-methyl/N-ethyl adjacent to an activating group) is 1. The molecule has 0 aliphatic carbocycles. The maximum absolute atomic E-state index is 13.4. The number of benzene rings is 1. The molecule has 74 valence electrons. The number of nitrogens with two attached hydrogens (primary N) is 1. The zero-order valence-electron chi connectivity index (χ0n) is 7.83. The predicted octanol–water partition coefficient (Wildman–Crippen LogP) is 0.844. The van der Waals surface area contributed by atoms with E-state index in [1.165, 1.54) is 11.0 Å². The third kappa shape index (κ3) is 1.04. The van der Waals surface area contributed by atoms with Gasteiger partial charge in [-0.25, -0.2) is 4.39 Å². The number of para-hydroxylation sites is 1. The number of hydrogen-bond donors (Lipinski definition) is 1. The van der Waals surface area contributed by atoms with Crippen LogP contribution in [0.5, 0.6) is 0 Å². The van der Waals surface area contributed by atoms with Crippen molar-refractivity contribution in [2.45, 2.75) is 5.92 Å². The van der Waals surface area contributed by atoms with Crippen LogP contribution in [0.1, 0.15) is 11.5 Å². The van der Waals surface area contributed by atoms with Gasteiger partial charge >= 0.3 is 0 Å². The molecular weight excluding hydrogens is 183 g/mol. The van der Waals surface area contributed by atoms with Crippen molar-refractivity contribution in [3.05, 3.63) is 29.6 Å². The van der Waals surface area contributed by atoms with Gasteiger partial charge in [0.25, 0.3) is 0 Å². The lowest BCUT2D eigenvalue weighted by Crippen LogP contribution is -2.27. The number of halogens is 1. The average Bonchev–Trinajstić information content (AvgIpc) is 2.41. The van der Waals surface area contributed by atoms with E-state index in [0.717, 1.165) is 0 Å². The molecule has 14 heavy (non-hydrogen) atoms. The van der Waals surface area contributed by atoms with Crippen LogP contribution in [0.3, 0.4) is 0 Å². The molecule has 4 heteroatoms. The topological polar surface area (TPSA) is 46.3 Å². The second kappa shape index (κ2) is 3.06. The van der Waals surface area contributed by atoms with Crippen molar-refractivity contribution in [3.63, 3.8) is 0 Å². The molecule has 0 saturated heterocycles. The van der Waals surface area contributed by atoms with E-state index in [4.69, 9.17) is 5.73 Å². The van der Waals surface area contributed by atoms with E-state index in [-0.39, 0.29) is 24.2 Å². The molecule has 1 heterocycles. The van der Waals surface area contributed by atoms with E-state index in [1.54, 1.807) is 19.2 Å². The highest BCUT2D eigenvalue weighted by molar-refractivity contribution is 6.04. The first-order chi connectivity index (χ1) is 6.66. The van der Waals surface area contributed by atoms with Crippen molar-refractivity contribution < 1.29 is 9.18 Å². The Hall–Kier alpha value is -1.42. The second-order valence-electron chi connectivity index (χ2n) is 3.36. The van der Waals surface area contributed by atoms with E-state index in [0.29, 0.717) is 11.3 Å². The standard InChI is InChI=1S/C10H11FN2O/c1-13-9-6(3-2-4-8(9)11)7(5-12)10(13)14/h2-4,7H,5,12H2,1H3. The summed E-state index contributed by atoms with van der Waals surface area (Å²) in [5, 5.41) is 0. The van der Waals surface area contributed by atoms with E-state index in [9.17, 15) is 9.18 Å². The van der Waals surface area contributed by atoms with Gasteiger partial charge in [-0.05, 0) is 11.6 Å². The quantitative estimate of drug-likeness (QED) is 0.720. The second-order valence-corrected chi connectivity index (χ2v) is 3.36. The van der Waals surface area contributed by atoms with E-state index < -0.39 is 0 Å². The van der Waals surface area contributed by atoms with Crippen LogP contribution in [0.4, 0.5) is 10.1 Å². The van der Waals surface area contributed by atoms with Crippen LogP contribution >= 0.6 is 0 Å². The van der Waals surface area contributed by atoms with Gasteiger partial charge in [0.1, 0.15) is 5.82 Å². The summed E-state index contributed by atoms with van der Waals surface area (Å²) >= 11 is 0. The van der Waals surface area contributed by atoms with Gasteiger partial charge < -0.3 is 10.6 Å². The zero-order valence-corrected chi connectivity index (χ0v) is 7.83. The largest absolute Gasteiger partial charge is 0.329 e. The van der Waals surface area contributed by atoms with Crippen molar-refractivity contribution >= 4 is 11.6 Å². The molecule has 1 aliphatic heterocycles. The number of hydrogen-bond acceptors (Lipinski definition) is 2. The minimum Gasteiger partial charge on any atom is -0.329 e. The van der Waals surface area contributed by atoms with Crippen molar-refractivity contribution in [2.24, 2.45) is 5.73 Å². The fraction of sp³-hybridized carbons (Fsp3) is 0.300. The SMILES string of the molecule is CN1C(=O)C(CN)c2cccc(F)c21. The average molecular weight is 194 g/mol. The highest BCUT2D eigenvalue weighted by Crippen LogP contribution is 2.37. The number of amides is 1. The Balaban J connectivity index is 2.61. The van der Waals surface area contributed by atoms with Gasteiger partial charge in [0, 0.05) is 13.6 Å². The maximum Gasteiger partial charge on any atom is 0.235 e. The molecule has 1 unspecified atom stereocenters. The van der Waals surface area contributed by atoms with Crippen LogP contribution in [0.25, 0.3) is 0 Å². The van der Waals surface area contributed by atoms with Crippen LogP contribution in [0.15, 0.2) is 18.2 Å². The van der Waals surface area contributed by atoms with Gasteiger partial charge in [0.15, 0.2) is 0 Å². The number of anilines is 1. The van der Waals surface area contributed by atoms with Crippen molar-refractivity contribution in [1.82, 2.24) is 0 Å². The predicted molar refractivity (Wildman–Crippen MR) is 51.6 cm³/mol. The van der Waals surface area contributed by atoms with Gasteiger partial charge in [-0.15, -0.1) is 0 Å². The Labute approximate surface area is 81.3 Å². The fourth-order valence-corrected chi connectivity index (χ4v) is 1.87. The number of fused-ring (bicyclic) bond motifs is 1. The van der Waals surface area contributed by atoms with Gasteiger partial charge in [0.05, 0.1) is 11.6 Å². The summed E-state index contributed by atoms with van der Waals surface area (Å²) in [6, 6.07) is 4.70. The lowest BCUT2D eigenvalue weighted by atomic mass is 10.0. The summed E-state index contributed by atoms with van der Waals surface area (Å²) < 4.78 is 13.4. The van der Waals surface area contributed by atoms with Gasteiger partial charge in [-0.2, -0.15) is 0 Å². The maximum atomic E-state index is 13.4. The van der Waals surface area contributed by atoms with E-state index >= 15 is 0 Å². The third-order valence-corrected chi connectivity index (χ3v) is 2.59. The van der Waals surface area contributed by atoms with Crippen LogP contribution in [-0.2, 0) is 4.79 Å². The first-order valence-corrected chi connectivity index (χ1v) is 4.43. The first-order valence-electron chi connectivity index (χ1n) is 4.43. The van der Waals surface area contributed by atoms with Crippen LogP contribution in [-0.4, -0.2) is 19.5 Å². The first kappa shape index (κ1) is 9.15. The summed E-state index contributed by atoms with van der Waals surface area (Å²) in [5.74, 6) is -0.882. The normalized spacial score (nSPS) is 20.1. The molecule has 1 amide bonds. The van der Waals surface area contributed by atoms with Crippen LogP contribution in [0.2, 0.25) is 0 Å². The van der Waals surface area contributed by atoms with Crippen LogP contribution in [0, 0.1) is 5.82 Å². The minimum absolute atomic E-state index is 0.132. The van der Waals surface area contributed by atoms with Crippen molar-refractivity contribution in [2.75, 3.05) is 18.5 Å². The van der Waals surface area contributed by atoms with Gasteiger partial charge in [-0.1, -0.05) is 12.1 Å². The molecule has 0 saturated carbocycles. The highest BCUT2D eigenvalue weighted by Gasteiger charge is 2.35. The molecular formula is C10H11FN2O. The number of nitrogens with zero attached hydrogens (tertiary/aromatic N) is 1. The molecule has 0 fully saturated rings. The molecule has 1 aromatic rings. The highest BCUT2D eigenvalue weighted by atomic mass is 19.1. The number of carbonyl (C=O) groups is 1. The Morgan fingerprint density at radius 3 is 2.93 bits per heavy atom. The van der Waals surface area contributed by atoms with Crippen molar-refractivity contribution in [3.8, 4) is 0 Å². The van der Waals surface area contributed by atoms with E-state index in [2.05, 4.69) is 0 Å². The Morgan fingerprint density at radius 2 is 2.29 bits per heavy atom. The van der Waals surface area contributed by atoms with Gasteiger partial charge in [0.2, 0.25) is 5.91 Å². The summed E-state index contributed by atoms with van der Waals surface area (Å²) in [4.78, 5) is 13.0. The molecule has 0 aromatic heterocycles. The van der Waals surface area contributed by atoms with E-state index in [1.807, 2.05) is 0 Å². The monoisotopic (exact) mass is 194 g/mol. The van der Waals surface area contributed by atoms with Crippen molar-refractivity contribution in [1.29, 1.82) is 0 Å². The Bertz CT molecular complexity index is 392. The minimum atomic E-state index is -0.384. The molecule has 2 N–H and O–H groups in total. The zero-order chi connectivity index (χ0) is 10.3.